The summed E-state index contributed by atoms with van der Waals surface area (Å²) in [4.78, 5) is 11.4. The lowest BCUT2D eigenvalue weighted by Crippen LogP contribution is -2.25. The molecule has 2 aromatic carbocycles. The van der Waals surface area contributed by atoms with Crippen LogP contribution in [-0.2, 0) is 15.4 Å². The van der Waals surface area contributed by atoms with Gasteiger partial charge in [0.25, 0.3) is 10.0 Å². The van der Waals surface area contributed by atoms with Crippen LogP contribution in [0.25, 0.3) is 0 Å². The molecule has 0 radical (unpaired) electrons. The number of carbonyl (C=O) groups excluding carboxylic acids is 1. The molecule has 0 fully saturated rings. The largest absolute Gasteiger partial charge is 0.545 e. The third kappa shape index (κ3) is 4.41. The van der Waals surface area contributed by atoms with Gasteiger partial charge in [-0.05, 0) is 47.7 Å². The zero-order valence-corrected chi connectivity index (χ0v) is 16.8. The van der Waals surface area contributed by atoms with Crippen LogP contribution < -0.4 is 9.83 Å². The molecular weight excluding hydrogens is 406 g/mol. The van der Waals surface area contributed by atoms with Crippen LogP contribution in [-0.4, -0.2) is 14.4 Å². The fraction of sp³-hybridized carbons (Fsp3) is 0.278. The van der Waals surface area contributed by atoms with Crippen LogP contribution in [0.3, 0.4) is 0 Å². The number of benzene rings is 2. The highest BCUT2D eigenvalue weighted by Crippen LogP contribution is 2.29. The number of carboxylic acids is 1. The van der Waals surface area contributed by atoms with E-state index in [1.54, 1.807) is 25.1 Å². The zero-order chi connectivity index (χ0) is 19.0. The Bertz CT molecular complexity index is 931. The predicted molar refractivity (Wildman–Crippen MR) is 99.2 cm³/mol. The Morgan fingerprint density at radius 1 is 1.12 bits per heavy atom. The number of aryl methyl sites for hydroxylation is 1. The van der Waals surface area contributed by atoms with Crippen molar-refractivity contribution in [3.05, 3.63) is 57.6 Å². The van der Waals surface area contributed by atoms with Gasteiger partial charge in [0.1, 0.15) is 0 Å². The van der Waals surface area contributed by atoms with Gasteiger partial charge in [0.05, 0.1) is 16.6 Å². The number of sulfonamides is 1. The number of rotatable bonds is 4. The monoisotopic (exact) mass is 424 g/mol. The fourth-order valence-corrected chi connectivity index (χ4v) is 4.04. The van der Waals surface area contributed by atoms with E-state index in [0.717, 1.165) is 5.56 Å². The van der Waals surface area contributed by atoms with Gasteiger partial charge in [0, 0.05) is 10.0 Å². The molecule has 1 N–H and O–H groups in total. The summed E-state index contributed by atoms with van der Waals surface area (Å²) in [6, 6.07) is 9.50. The van der Waals surface area contributed by atoms with E-state index in [-0.39, 0.29) is 21.6 Å². The number of nitrogens with one attached hydrogen (secondary N) is 1. The smallest absolute Gasteiger partial charge is 0.262 e. The number of halogens is 1. The maximum atomic E-state index is 12.8. The van der Waals surface area contributed by atoms with Gasteiger partial charge in [-0.3, -0.25) is 4.72 Å². The Kier molecular flexibility index (Phi) is 5.30. The van der Waals surface area contributed by atoms with E-state index in [1.807, 2.05) is 26.8 Å². The number of anilines is 1. The highest BCUT2D eigenvalue weighted by Gasteiger charge is 2.22. The van der Waals surface area contributed by atoms with Crippen LogP contribution in [0.1, 0.15) is 42.3 Å². The third-order valence-corrected chi connectivity index (χ3v) is 5.79. The minimum atomic E-state index is -3.95. The second-order valence-corrected chi connectivity index (χ2v) is 9.38. The van der Waals surface area contributed by atoms with Gasteiger partial charge >= 0.3 is 0 Å². The average Bonchev–Trinajstić information content (AvgIpc) is 2.47. The van der Waals surface area contributed by atoms with Gasteiger partial charge in [-0.2, -0.15) is 0 Å². The number of aromatic carboxylic acids is 1. The normalized spacial score (nSPS) is 12.0. The zero-order valence-electron chi connectivity index (χ0n) is 14.4. The molecule has 0 atom stereocenters. The molecule has 0 aliphatic rings. The Labute approximate surface area is 156 Å². The van der Waals surface area contributed by atoms with Gasteiger partial charge in [-0.15, -0.1) is 0 Å². The molecule has 0 aliphatic heterocycles. The quantitative estimate of drug-likeness (QED) is 0.815. The summed E-state index contributed by atoms with van der Waals surface area (Å²) in [6.07, 6.45) is 0. The standard InChI is InChI=1S/C18H20BrNO4S/c1-11-5-6-12(18(2,3)4)9-16(11)25(23,24)20-15-8-7-13(19)10-14(15)17(21)22/h5-10,20H,1-4H3,(H,21,22)/p-1. The molecule has 0 unspecified atom stereocenters. The van der Waals surface area contributed by atoms with E-state index in [4.69, 9.17) is 0 Å². The summed E-state index contributed by atoms with van der Waals surface area (Å²) in [7, 11) is -3.95. The molecule has 0 bridgehead atoms. The summed E-state index contributed by atoms with van der Waals surface area (Å²) in [5, 5.41) is 11.3. The lowest BCUT2D eigenvalue weighted by molar-refractivity contribution is -0.254. The highest BCUT2D eigenvalue weighted by molar-refractivity contribution is 9.10. The molecule has 0 spiro atoms. The molecule has 2 rings (SSSR count). The van der Waals surface area contributed by atoms with Gasteiger partial charge < -0.3 is 9.90 Å². The van der Waals surface area contributed by atoms with Crippen LogP contribution in [0.2, 0.25) is 0 Å². The molecule has 0 saturated heterocycles. The van der Waals surface area contributed by atoms with E-state index in [9.17, 15) is 18.3 Å². The molecule has 2 aromatic rings. The number of hydrogen-bond donors (Lipinski definition) is 1. The van der Waals surface area contributed by atoms with Crippen molar-refractivity contribution in [2.24, 2.45) is 0 Å². The Morgan fingerprint density at radius 3 is 2.32 bits per heavy atom. The van der Waals surface area contributed by atoms with E-state index in [2.05, 4.69) is 20.7 Å². The molecule has 134 valence electrons. The van der Waals surface area contributed by atoms with E-state index in [1.165, 1.54) is 12.1 Å². The van der Waals surface area contributed by atoms with E-state index in [0.29, 0.717) is 10.0 Å². The third-order valence-electron chi connectivity index (χ3n) is 3.79. The summed E-state index contributed by atoms with van der Waals surface area (Å²) in [5.41, 5.74) is 0.958. The summed E-state index contributed by atoms with van der Waals surface area (Å²) < 4.78 is 28.5. The summed E-state index contributed by atoms with van der Waals surface area (Å²) >= 11 is 3.16. The minimum Gasteiger partial charge on any atom is -0.545 e. The second-order valence-electron chi connectivity index (χ2n) is 6.81. The maximum absolute atomic E-state index is 12.8. The lowest BCUT2D eigenvalue weighted by Gasteiger charge is -2.21. The van der Waals surface area contributed by atoms with Crippen molar-refractivity contribution >= 4 is 37.6 Å². The molecule has 5 nitrogen and oxygen atoms in total. The Morgan fingerprint density at radius 2 is 1.76 bits per heavy atom. The van der Waals surface area contributed by atoms with Crippen molar-refractivity contribution in [3.63, 3.8) is 0 Å². The van der Waals surface area contributed by atoms with Gasteiger partial charge in [0.15, 0.2) is 0 Å². The van der Waals surface area contributed by atoms with Crippen molar-refractivity contribution < 1.29 is 18.3 Å². The van der Waals surface area contributed by atoms with Crippen molar-refractivity contribution in [2.45, 2.75) is 38.0 Å². The van der Waals surface area contributed by atoms with Gasteiger partial charge in [-0.25, -0.2) is 8.42 Å². The summed E-state index contributed by atoms with van der Waals surface area (Å²) in [6.45, 7) is 7.67. The van der Waals surface area contributed by atoms with Crippen LogP contribution in [0.5, 0.6) is 0 Å². The Balaban J connectivity index is 2.53. The van der Waals surface area contributed by atoms with Gasteiger partial charge in [-0.1, -0.05) is 48.8 Å². The molecular formula is C18H19BrNO4S-. The fourth-order valence-electron chi connectivity index (χ4n) is 2.33. The van der Waals surface area contributed by atoms with Crippen LogP contribution in [0.15, 0.2) is 45.8 Å². The van der Waals surface area contributed by atoms with Crippen LogP contribution >= 0.6 is 15.9 Å². The topological polar surface area (TPSA) is 86.3 Å². The molecule has 0 aromatic heterocycles. The summed E-state index contributed by atoms with van der Waals surface area (Å²) in [5.74, 6) is -1.46. The number of carboxylic acid groups (broad SMARTS) is 1. The average molecular weight is 425 g/mol. The molecule has 7 heteroatoms. The van der Waals surface area contributed by atoms with Crippen molar-refractivity contribution in [1.29, 1.82) is 0 Å². The van der Waals surface area contributed by atoms with Crippen LogP contribution in [0, 0.1) is 6.92 Å². The van der Waals surface area contributed by atoms with Crippen LogP contribution in [0.4, 0.5) is 5.69 Å². The van der Waals surface area contributed by atoms with E-state index >= 15 is 0 Å². The molecule has 0 aliphatic carbocycles. The first-order valence-corrected chi connectivity index (χ1v) is 9.84. The molecule has 0 saturated carbocycles. The predicted octanol–water partition coefficient (Wildman–Crippen LogP) is 3.22. The van der Waals surface area contributed by atoms with E-state index < -0.39 is 16.0 Å². The number of hydrogen-bond acceptors (Lipinski definition) is 4. The van der Waals surface area contributed by atoms with Crippen molar-refractivity contribution in [1.82, 2.24) is 0 Å². The highest BCUT2D eigenvalue weighted by atomic mass is 79.9. The molecule has 0 amide bonds. The van der Waals surface area contributed by atoms with Crippen molar-refractivity contribution in [3.8, 4) is 0 Å². The maximum Gasteiger partial charge on any atom is 0.262 e. The number of carbonyl (C=O) groups is 1. The lowest BCUT2D eigenvalue weighted by atomic mass is 9.87. The first kappa shape index (κ1) is 19.5. The first-order chi connectivity index (χ1) is 11.4. The van der Waals surface area contributed by atoms with Gasteiger partial charge in [0.2, 0.25) is 0 Å². The van der Waals surface area contributed by atoms with Crippen molar-refractivity contribution in [2.75, 3.05) is 4.72 Å². The SMILES string of the molecule is Cc1ccc(C(C)(C)C)cc1S(=O)(=O)Nc1ccc(Br)cc1C(=O)[O-]. The second kappa shape index (κ2) is 6.80. The Hall–Kier alpha value is -1.86. The molecule has 25 heavy (non-hydrogen) atoms. The molecule has 0 heterocycles. The minimum absolute atomic E-state index is 0.0382. The first-order valence-electron chi connectivity index (χ1n) is 7.56.